The van der Waals surface area contributed by atoms with Crippen molar-refractivity contribution in [1.29, 1.82) is 0 Å². The molecule has 1 saturated heterocycles. The molecule has 8 heteroatoms. The zero-order valence-electron chi connectivity index (χ0n) is 18.3. The smallest absolute Gasteiger partial charge is 0.246 e. The maximum atomic E-state index is 13.1. The molecule has 0 spiro atoms. The SMILES string of the molecule is COc1ccc(CC(=O)N[C@@H]2CC[C@H]3CCCC[C@@H]3C2)cc1S(=O)(=O)N1CCOCC1. The molecule has 3 atom stereocenters. The largest absolute Gasteiger partial charge is 0.495 e. The molecule has 2 saturated carbocycles. The van der Waals surface area contributed by atoms with E-state index in [2.05, 4.69) is 5.32 Å². The van der Waals surface area contributed by atoms with E-state index in [-0.39, 0.29) is 23.3 Å². The molecule has 0 radical (unpaired) electrons. The molecule has 7 nitrogen and oxygen atoms in total. The molecule has 1 aliphatic heterocycles. The van der Waals surface area contributed by atoms with Crippen LogP contribution >= 0.6 is 0 Å². The fraction of sp³-hybridized carbons (Fsp3) is 0.696. The molecular weight excluding hydrogens is 416 g/mol. The van der Waals surface area contributed by atoms with Gasteiger partial charge in [-0.15, -0.1) is 0 Å². The third-order valence-corrected chi connectivity index (χ3v) is 9.01. The first-order valence-corrected chi connectivity index (χ1v) is 13.0. The lowest BCUT2D eigenvalue weighted by Crippen LogP contribution is -2.42. The Morgan fingerprint density at radius 3 is 2.61 bits per heavy atom. The van der Waals surface area contributed by atoms with E-state index in [1.165, 1.54) is 43.5 Å². The Kier molecular flexibility index (Phi) is 7.19. The topological polar surface area (TPSA) is 84.9 Å². The molecule has 1 heterocycles. The van der Waals surface area contributed by atoms with Gasteiger partial charge in [0.15, 0.2) is 0 Å². The Labute approximate surface area is 185 Å². The monoisotopic (exact) mass is 450 g/mol. The van der Waals surface area contributed by atoms with E-state index in [4.69, 9.17) is 9.47 Å². The van der Waals surface area contributed by atoms with E-state index in [0.29, 0.717) is 37.6 Å². The van der Waals surface area contributed by atoms with E-state index in [1.807, 2.05) is 0 Å². The number of rotatable bonds is 6. The Balaban J connectivity index is 1.42. The zero-order valence-corrected chi connectivity index (χ0v) is 19.2. The van der Waals surface area contributed by atoms with Gasteiger partial charge in [-0.25, -0.2) is 8.42 Å². The van der Waals surface area contributed by atoms with Crippen molar-refractivity contribution < 1.29 is 22.7 Å². The molecule has 1 amide bonds. The highest BCUT2D eigenvalue weighted by atomic mass is 32.2. The fourth-order valence-electron chi connectivity index (χ4n) is 5.43. The molecule has 0 unspecified atom stereocenters. The maximum Gasteiger partial charge on any atom is 0.246 e. The Bertz CT molecular complexity index is 882. The van der Waals surface area contributed by atoms with Crippen LogP contribution in [0.15, 0.2) is 23.1 Å². The maximum absolute atomic E-state index is 13.1. The molecule has 0 bridgehead atoms. The zero-order chi connectivity index (χ0) is 21.8. The quantitative estimate of drug-likeness (QED) is 0.720. The number of methoxy groups -OCH3 is 1. The van der Waals surface area contributed by atoms with Crippen molar-refractivity contribution in [2.24, 2.45) is 11.8 Å². The van der Waals surface area contributed by atoms with Crippen LogP contribution in [-0.4, -0.2) is 58.1 Å². The average Bonchev–Trinajstić information content (AvgIpc) is 2.79. The van der Waals surface area contributed by atoms with Gasteiger partial charge < -0.3 is 14.8 Å². The van der Waals surface area contributed by atoms with Gasteiger partial charge >= 0.3 is 0 Å². The number of benzene rings is 1. The van der Waals surface area contributed by atoms with Crippen LogP contribution in [0.1, 0.15) is 50.5 Å². The summed E-state index contributed by atoms with van der Waals surface area (Å²) in [5.41, 5.74) is 0.677. The van der Waals surface area contributed by atoms with Gasteiger partial charge in [-0.1, -0.05) is 31.7 Å². The van der Waals surface area contributed by atoms with Crippen molar-refractivity contribution in [2.75, 3.05) is 33.4 Å². The number of carbonyl (C=O) groups is 1. The summed E-state index contributed by atoms with van der Waals surface area (Å²) in [7, 11) is -2.25. The predicted octanol–water partition coefficient (Wildman–Crippen LogP) is 2.73. The normalized spacial score (nSPS) is 27.3. The summed E-state index contributed by atoms with van der Waals surface area (Å²) in [6, 6.07) is 5.24. The van der Waals surface area contributed by atoms with Crippen molar-refractivity contribution in [3.63, 3.8) is 0 Å². The average molecular weight is 451 g/mol. The second-order valence-corrected chi connectivity index (χ2v) is 11.0. The first-order chi connectivity index (χ1) is 15.0. The van der Waals surface area contributed by atoms with E-state index >= 15 is 0 Å². The lowest BCUT2D eigenvalue weighted by atomic mass is 9.69. The summed E-state index contributed by atoms with van der Waals surface area (Å²) < 4.78 is 38.3. The van der Waals surface area contributed by atoms with Crippen LogP contribution in [0.2, 0.25) is 0 Å². The second-order valence-electron chi connectivity index (χ2n) is 9.06. The van der Waals surface area contributed by atoms with Crippen LogP contribution in [0.5, 0.6) is 5.75 Å². The molecule has 4 rings (SSSR count). The number of nitrogens with one attached hydrogen (secondary N) is 1. The third kappa shape index (κ3) is 5.23. The molecule has 2 aliphatic carbocycles. The van der Waals surface area contributed by atoms with Crippen molar-refractivity contribution >= 4 is 15.9 Å². The number of hydrogen-bond donors (Lipinski definition) is 1. The number of amides is 1. The van der Waals surface area contributed by atoms with Gasteiger partial charge in [0.05, 0.1) is 26.7 Å². The summed E-state index contributed by atoms with van der Waals surface area (Å²) in [5, 5.41) is 3.20. The van der Waals surface area contributed by atoms with Gasteiger partial charge in [-0.2, -0.15) is 4.31 Å². The standard InChI is InChI=1S/C23H34N2O5S/c1-29-21-9-6-17(14-22(21)31(27,28)25-10-12-30-13-11-25)15-23(26)24-20-8-7-18-4-2-3-5-19(18)16-20/h6,9,14,18-20H,2-5,7-8,10-13,15-16H2,1H3,(H,24,26)/t18-,19-,20-/m1/s1. The lowest BCUT2D eigenvalue weighted by molar-refractivity contribution is -0.121. The van der Waals surface area contributed by atoms with Crippen LogP contribution in [0, 0.1) is 11.8 Å². The molecule has 1 aromatic carbocycles. The number of fused-ring (bicyclic) bond motifs is 1. The van der Waals surface area contributed by atoms with E-state index in [1.54, 1.807) is 18.2 Å². The van der Waals surface area contributed by atoms with Gasteiger partial charge in [0, 0.05) is 19.1 Å². The predicted molar refractivity (Wildman–Crippen MR) is 118 cm³/mol. The van der Waals surface area contributed by atoms with E-state index in [9.17, 15) is 13.2 Å². The van der Waals surface area contributed by atoms with Gasteiger partial charge in [-0.3, -0.25) is 4.79 Å². The minimum Gasteiger partial charge on any atom is -0.495 e. The molecule has 1 aromatic rings. The first-order valence-electron chi connectivity index (χ1n) is 11.5. The third-order valence-electron chi connectivity index (χ3n) is 7.09. The van der Waals surface area contributed by atoms with Gasteiger partial charge in [-0.05, 0) is 48.8 Å². The second kappa shape index (κ2) is 9.88. The van der Waals surface area contributed by atoms with Gasteiger partial charge in [0.1, 0.15) is 10.6 Å². The van der Waals surface area contributed by atoms with Gasteiger partial charge in [0.25, 0.3) is 0 Å². The highest BCUT2D eigenvalue weighted by Crippen LogP contribution is 2.40. The van der Waals surface area contributed by atoms with Crippen molar-refractivity contribution in [1.82, 2.24) is 9.62 Å². The summed E-state index contributed by atoms with van der Waals surface area (Å²) in [6.07, 6.45) is 8.80. The van der Waals surface area contributed by atoms with E-state index in [0.717, 1.165) is 24.7 Å². The van der Waals surface area contributed by atoms with Crippen molar-refractivity contribution in [3.05, 3.63) is 23.8 Å². The first kappa shape index (κ1) is 22.6. The van der Waals surface area contributed by atoms with Crippen LogP contribution in [0.25, 0.3) is 0 Å². The summed E-state index contributed by atoms with van der Waals surface area (Å²) in [5.74, 6) is 1.85. The Morgan fingerprint density at radius 2 is 1.87 bits per heavy atom. The summed E-state index contributed by atoms with van der Waals surface area (Å²) in [4.78, 5) is 12.9. The molecule has 31 heavy (non-hydrogen) atoms. The molecular formula is C23H34N2O5S. The van der Waals surface area contributed by atoms with Crippen molar-refractivity contribution in [3.8, 4) is 5.75 Å². The Hall–Kier alpha value is -1.64. The highest BCUT2D eigenvalue weighted by Gasteiger charge is 2.33. The number of ether oxygens (including phenoxy) is 2. The number of nitrogens with zero attached hydrogens (tertiary/aromatic N) is 1. The molecule has 3 fully saturated rings. The highest BCUT2D eigenvalue weighted by molar-refractivity contribution is 7.89. The summed E-state index contributed by atoms with van der Waals surface area (Å²) >= 11 is 0. The van der Waals surface area contributed by atoms with Crippen LogP contribution in [0.4, 0.5) is 0 Å². The van der Waals surface area contributed by atoms with E-state index < -0.39 is 10.0 Å². The van der Waals surface area contributed by atoms with Crippen LogP contribution in [0.3, 0.4) is 0 Å². The lowest BCUT2D eigenvalue weighted by Gasteiger charge is -2.39. The minimum absolute atomic E-state index is 0.0425. The minimum atomic E-state index is -3.71. The number of sulfonamides is 1. The number of morpholine rings is 1. The van der Waals surface area contributed by atoms with Crippen LogP contribution in [-0.2, 0) is 26.0 Å². The molecule has 0 aromatic heterocycles. The molecule has 1 N–H and O–H groups in total. The fourth-order valence-corrected chi connectivity index (χ4v) is 7.04. The molecule has 3 aliphatic rings. The van der Waals surface area contributed by atoms with Crippen LogP contribution < -0.4 is 10.1 Å². The molecule has 172 valence electrons. The number of carbonyl (C=O) groups excluding carboxylic acids is 1. The van der Waals surface area contributed by atoms with Gasteiger partial charge in [0.2, 0.25) is 15.9 Å². The Morgan fingerprint density at radius 1 is 1.13 bits per heavy atom. The van der Waals surface area contributed by atoms with Crippen molar-refractivity contribution in [2.45, 2.75) is 62.3 Å². The summed E-state index contributed by atoms with van der Waals surface area (Å²) in [6.45, 7) is 1.40. The number of hydrogen-bond acceptors (Lipinski definition) is 5.